The van der Waals surface area contributed by atoms with Crippen molar-refractivity contribution in [3.8, 4) is 0 Å². The van der Waals surface area contributed by atoms with Gasteiger partial charge in [0.2, 0.25) is 10.0 Å². The van der Waals surface area contributed by atoms with Gasteiger partial charge in [-0.25, -0.2) is 17.9 Å². The van der Waals surface area contributed by atoms with Crippen molar-refractivity contribution in [2.75, 3.05) is 11.1 Å². The van der Waals surface area contributed by atoms with Crippen molar-refractivity contribution in [3.63, 3.8) is 0 Å². The summed E-state index contributed by atoms with van der Waals surface area (Å²) in [5.41, 5.74) is 6.06. The Hall–Kier alpha value is -1.54. The number of sulfonamides is 1. The first kappa shape index (κ1) is 15.8. The highest BCUT2D eigenvalue weighted by molar-refractivity contribution is 7.89. The predicted octanol–water partition coefficient (Wildman–Crippen LogP) is 3.11. The van der Waals surface area contributed by atoms with E-state index >= 15 is 0 Å². The van der Waals surface area contributed by atoms with Gasteiger partial charge in [0.15, 0.2) is 0 Å². The summed E-state index contributed by atoms with van der Waals surface area (Å²) in [7, 11) is -4.01. The first-order valence-corrected chi connectivity index (χ1v) is 7.82. The molecule has 9 heteroatoms. The Morgan fingerprint density at radius 2 is 1.67 bits per heavy atom. The molecule has 0 saturated heterocycles. The molecule has 0 radical (unpaired) electrons. The molecule has 5 nitrogen and oxygen atoms in total. The summed E-state index contributed by atoms with van der Waals surface area (Å²) in [6.45, 7) is 0. The predicted molar refractivity (Wildman–Crippen MR) is 81.9 cm³/mol. The molecular formula is C12H10Cl2FN3O2S. The van der Waals surface area contributed by atoms with Crippen LogP contribution in [0.4, 0.5) is 21.5 Å². The molecule has 0 fully saturated rings. The standard InChI is InChI=1S/C12H10Cl2FN3O2S/c13-8-3-6(15)4-9(14)12(8)18-10-2-1-7(16)5-11(10)21(17,19)20/h1-5,18H,16H2,(H2,17,19,20). The smallest absolute Gasteiger partial charge is 0.240 e. The molecule has 0 aliphatic rings. The van der Waals surface area contributed by atoms with Crippen LogP contribution in [-0.4, -0.2) is 8.42 Å². The van der Waals surface area contributed by atoms with Gasteiger partial charge >= 0.3 is 0 Å². The number of hydrogen-bond donors (Lipinski definition) is 3. The van der Waals surface area contributed by atoms with Crippen molar-refractivity contribution in [2.45, 2.75) is 4.90 Å². The number of hydrogen-bond acceptors (Lipinski definition) is 4. The first-order chi connectivity index (χ1) is 9.68. The van der Waals surface area contributed by atoms with Crippen LogP contribution in [0.1, 0.15) is 0 Å². The molecule has 112 valence electrons. The van der Waals surface area contributed by atoms with Gasteiger partial charge in [-0.1, -0.05) is 23.2 Å². The lowest BCUT2D eigenvalue weighted by Gasteiger charge is -2.14. The van der Waals surface area contributed by atoms with Crippen LogP contribution in [0, 0.1) is 5.82 Å². The second kappa shape index (κ2) is 5.69. The molecule has 0 aliphatic carbocycles. The molecule has 0 saturated carbocycles. The zero-order valence-electron chi connectivity index (χ0n) is 10.4. The van der Waals surface area contributed by atoms with E-state index in [1.807, 2.05) is 0 Å². The minimum atomic E-state index is -4.01. The summed E-state index contributed by atoms with van der Waals surface area (Å²) in [4.78, 5) is -0.223. The van der Waals surface area contributed by atoms with Gasteiger partial charge in [0.1, 0.15) is 10.7 Å². The molecule has 0 unspecified atom stereocenters. The molecule has 0 bridgehead atoms. The summed E-state index contributed by atoms with van der Waals surface area (Å²) >= 11 is 11.8. The second-order valence-corrected chi connectivity index (χ2v) is 6.51. The fourth-order valence-electron chi connectivity index (χ4n) is 1.67. The van der Waals surface area contributed by atoms with Gasteiger partial charge in [-0.3, -0.25) is 0 Å². The number of benzene rings is 2. The van der Waals surface area contributed by atoms with Crippen LogP contribution in [0.25, 0.3) is 0 Å². The zero-order valence-corrected chi connectivity index (χ0v) is 12.7. The van der Waals surface area contributed by atoms with Gasteiger partial charge in [0, 0.05) is 5.69 Å². The lowest BCUT2D eigenvalue weighted by molar-refractivity contribution is 0.598. The van der Waals surface area contributed by atoms with Crippen LogP contribution in [-0.2, 0) is 10.0 Å². The van der Waals surface area contributed by atoms with E-state index in [0.717, 1.165) is 12.1 Å². The molecule has 2 aromatic rings. The Kier molecular flexibility index (Phi) is 4.29. The SMILES string of the molecule is Nc1ccc(Nc2c(Cl)cc(F)cc2Cl)c(S(N)(=O)=O)c1. The number of nitrogens with two attached hydrogens (primary N) is 2. The van der Waals surface area contributed by atoms with Gasteiger partial charge in [-0.15, -0.1) is 0 Å². The summed E-state index contributed by atoms with van der Waals surface area (Å²) in [5, 5.41) is 7.85. The zero-order chi connectivity index (χ0) is 15.8. The molecule has 2 rings (SSSR count). The van der Waals surface area contributed by atoms with Crippen molar-refractivity contribution in [1.29, 1.82) is 0 Å². The molecule has 2 aromatic carbocycles. The number of halogens is 3. The first-order valence-electron chi connectivity index (χ1n) is 5.52. The Morgan fingerprint density at radius 3 is 2.19 bits per heavy atom. The summed E-state index contributed by atoms with van der Waals surface area (Å²) in [6.07, 6.45) is 0. The highest BCUT2D eigenvalue weighted by atomic mass is 35.5. The molecule has 0 spiro atoms. The van der Waals surface area contributed by atoms with Gasteiger partial charge in [-0.05, 0) is 30.3 Å². The highest BCUT2D eigenvalue weighted by Crippen LogP contribution is 2.35. The third-order valence-electron chi connectivity index (χ3n) is 2.58. The summed E-state index contributed by atoms with van der Waals surface area (Å²) < 4.78 is 36.3. The fraction of sp³-hybridized carbons (Fsp3) is 0. The van der Waals surface area contributed by atoms with Crippen molar-refractivity contribution < 1.29 is 12.8 Å². The number of rotatable bonds is 3. The van der Waals surface area contributed by atoms with Gasteiger partial charge in [-0.2, -0.15) is 0 Å². The molecule has 0 amide bonds. The highest BCUT2D eigenvalue weighted by Gasteiger charge is 2.17. The quantitative estimate of drug-likeness (QED) is 0.741. The maximum atomic E-state index is 13.1. The van der Waals surface area contributed by atoms with Crippen molar-refractivity contribution in [2.24, 2.45) is 5.14 Å². The van der Waals surface area contributed by atoms with Crippen LogP contribution in [0.5, 0.6) is 0 Å². The van der Waals surface area contributed by atoms with Gasteiger partial charge < -0.3 is 11.1 Å². The van der Waals surface area contributed by atoms with Crippen LogP contribution in [0.15, 0.2) is 35.2 Å². The van der Waals surface area contributed by atoms with Crippen molar-refractivity contribution in [1.82, 2.24) is 0 Å². The number of anilines is 3. The normalized spacial score (nSPS) is 11.4. The number of nitrogens with one attached hydrogen (secondary N) is 1. The maximum Gasteiger partial charge on any atom is 0.240 e. The van der Waals surface area contributed by atoms with Crippen LogP contribution < -0.4 is 16.2 Å². The fourth-order valence-corrected chi connectivity index (χ4v) is 2.95. The van der Waals surface area contributed by atoms with Crippen LogP contribution >= 0.6 is 23.2 Å². The topological polar surface area (TPSA) is 98.2 Å². The van der Waals surface area contributed by atoms with Gasteiger partial charge in [0.05, 0.1) is 21.4 Å². The molecular weight excluding hydrogens is 340 g/mol. The van der Waals surface area contributed by atoms with E-state index in [0.29, 0.717) is 0 Å². The third-order valence-corrected chi connectivity index (χ3v) is 4.13. The van der Waals surface area contributed by atoms with E-state index in [4.69, 9.17) is 34.1 Å². The molecule has 21 heavy (non-hydrogen) atoms. The molecule has 0 atom stereocenters. The van der Waals surface area contributed by atoms with E-state index in [1.165, 1.54) is 18.2 Å². The van der Waals surface area contributed by atoms with E-state index in [1.54, 1.807) is 0 Å². The average Bonchev–Trinajstić information content (AvgIpc) is 2.34. The van der Waals surface area contributed by atoms with E-state index in [-0.39, 0.29) is 32.0 Å². The molecule has 0 aliphatic heterocycles. The van der Waals surface area contributed by atoms with Crippen molar-refractivity contribution in [3.05, 3.63) is 46.2 Å². The Bertz CT molecular complexity index is 789. The van der Waals surface area contributed by atoms with Crippen molar-refractivity contribution >= 4 is 50.3 Å². The number of primary sulfonamides is 1. The van der Waals surface area contributed by atoms with Crippen LogP contribution in [0.3, 0.4) is 0 Å². The summed E-state index contributed by atoms with van der Waals surface area (Å²) in [5.74, 6) is -0.612. The molecule has 0 aromatic heterocycles. The lowest BCUT2D eigenvalue weighted by Crippen LogP contribution is -2.14. The monoisotopic (exact) mass is 349 g/mol. The number of nitrogen functional groups attached to an aromatic ring is 1. The second-order valence-electron chi connectivity index (χ2n) is 4.17. The van der Waals surface area contributed by atoms with Crippen LogP contribution in [0.2, 0.25) is 10.0 Å². The Balaban J connectivity index is 2.56. The minimum absolute atomic E-state index is 0.00260. The minimum Gasteiger partial charge on any atom is -0.399 e. The molecule has 0 heterocycles. The third kappa shape index (κ3) is 3.56. The Labute approximate surface area is 130 Å². The molecule has 5 N–H and O–H groups in total. The summed E-state index contributed by atoms with van der Waals surface area (Å²) in [6, 6.07) is 6.17. The largest absolute Gasteiger partial charge is 0.399 e. The maximum absolute atomic E-state index is 13.1. The average molecular weight is 350 g/mol. The van der Waals surface area contributed by atoms with E-state index < -0.39 is 15.8 Å². The lowest BCUT2D eigenvalue weighted by atomic mass is 10.2. The van der Waals surface area contributed by atoms with E-state index in [9.17, 15) is 12.8 Å². The van der Waals surface area contributed by atoms with Gasteiger partial charge in [0.25, 0.3) is 0 Å². The van der Waals surface area contributed by atoms with E-state index in [2.05, 4.69) is 5.32 Å². The Morgan fingerprint density at radius 1 is 1.10 bits per heavy atom.